The Kier molecular flexibility index (Phi) is 5.53. The number of benzene rings is 1. The summed E-state index contributed by atoms with van der Waals surface area (Å²) in [6.07, 6.45) is 0. The second-order valence-corrected chi connectivity index (χ2v) is 6.35. The van der Waals surface area contributed by atoms with Crippen LogP contribution in [0.2, 0.25) is 0 Å². The summed E-state index contributed by atoms with van der Waals surface area (Å²) in [5, 5.41) is 0. The molecule has 2 rings (SSSR count). The van der Waals surface area contributed by atoms with Crippen molar-refractivity contribution in [3.63, 3.8) is 0 Å². The normalized spacial score (nSPS) is 10.0. The van der Waals surface area contributed by atoms with Crippen LogP contribution >= 0.6 is 23.1 Å². The average molecular weight is 287 g/mol. The Morgan fingerprint density at radius 1 is 1.16 bits per heavy atom. The van der Waals surface area contributed by atoms with E-state index in [1.54, 1.807) is 11.3 Å². The summed E-state index contributed by atoms with van der Waals surface area (Å²) in [6.45, 7) is 2.59. The largest absolute Gasteiger partial charge is 0.320 e. The molecule has 2 N–H and O–H groups in total. The standard InChI is InChI=1S/C16H17NS2/c1-13-5-2-3-6-14(13)11-18-12-16-9-8-15(19-16)7-4-10-17/h2-3,5-6,8-9H,10-12,17H2,1H3. The van der Waals surface area contributed by atoms with Gasteiger partial charge in [-0.1, -0.05) is 36.1 Å². The zero-order chi connectivity index (χ0) is 13.5. The Hall–Kier alpha value is -1.21. The van der Waals surface area contributed by atoms with Gasteiger partial charge in [-0.3, -0.25) is 0 Å². The Morgan fingerprint density at radius 2 is 2.00 bits per heavy atom. The molecule has 0 bridgehead atoms. The Balaban J connectivity index is 1.86. The summed E-state index contributed by atoms with van der Waals surface area (Å²) in [4.78, 5) is 2.48. The summed E-state index contributed by atoms with van der Waals surface area (Å²) in [5.74, 6) is 8.07. The number of nitrogens with two attached hydrogens (primary N) is 1. The molecule has 0 atom stereocenters. The molecule has 1 nitrogen and oxygen atoms in total. The van der Waals surface area contributed by atoms with E-state index in [1.165, 1.54) is 16.0 Å². The van der Waals surface area contributed by atoms with Gasteiger partial charge in [-0.05, 0) is 30.2 Å². The fourth-order valence-corrected chi connectivity index (χ4v) is 3.80. The van der Waals surface area contributed by atoms with Crippen molar-refractivity contribution in [1.82, 2.24) is 0 Å². The van der Waals surface area contributed by atoms with Crippen LogP contribution in [0, 0.1) is 18.8 Å². The van der Waals surface area contributed by atoms with E-state index in [4.69, 9.17) is 5.73 Å². The van der Waals surface area contributed by atoms with Gasteiger partial charge >= 0.3 is 0 Å². The number of hydrogen-bond donors (Lipinski definition) is 1. The van der Waals surface area contributed by atoms with Crippen LogP contribution in [0.25, 0.3) is 0 Å². The molecule has 0 saturated heterocycles. The van der Waals surface area contributed by atoms with Crippen LogP contribution in [0.5, 0.6) is 0 Å². The molecule has 0 fully saturated rings. The third kappa shape index (κ3) is 4.43. The number of rotatable bonds is 4. The molecule has 0 spiro atoms. The van der Waals surface area contributed by atoms with Crippen LogP contribution in [0.4, 0.5) is 0 Å². The minimum atomic E-state index is 0.426. The number of hydrogen-bond acceptors (Lipinski definition) is 3. The molecule has 0 radical (unpaired) electrons. The summed E-state index contributed by atoms with van der Waals surface area (Å²) in [6, 6.07) is 12.8. The molecular formula is C16H17NS2. The highest BCUT2D eigenvalue weighted by molar-refractivity contribution is 7.97. The predicted molar refractivity (Wildman–Crippen MR) is 86.4 cm³/mol. The highest BCUT2D eigenvalue weighted by Gasteiger charge is 2.01. The summed E-state index contributed by atoms with van der Waals surface area (Å²) in [5.41, 5.74) is 8.16. The summed E-state index contributed by atoms with van der Waals surface area (Å²) >= 11 is 3.71. The van der Waals surface area contributed by atoms with Crippen molar-refractivity contribution in [3.8, 4) is 11.8 Å². The minimum absolute atomic E-state index is 0.426. The van der Waals surface area contributed by atoms with Crippen LogP contribution in [0.15, 0.2) is 36.4 Å². The monoisotopic (exact) mass is 287 g/mol. The number of aryl methyl sites for hydroxylation is 1. The molecular weight excluding hydrogens is 270 g/mol. The summed E-state index contributed by atoms with van der Waals surface area (Å²) in [7, 11) is 0. The first-order valence-electron chi connectivity index (χ1n) is 6.19. The predicted octanol–water partition coefficient (Wildman–Crippen LogP) is 3.80. The molecule has 1 heterocycles. The van der Waals surface area contributed by atoms with Crippen molar-refractivity contribution in [3.05, 3.63) is 57.3 Å². The number of thioether (sulfide) groups is 1. The SMILES string of the molecule is Cc1ccccc1CSCc1ccc(C#CCN)s1. The van der Waals surface area contributed by atoms with Crippen molar-refractivity contribution in [2.24, 2.45) is 5.73 Å². The average Bonchev–Trinajstić information content (AvgIpc) is 2.86. The molecule has 0 unspecified atom stereocenters. The zero-order valence-electron chi connectivity index (χ0n) is 11.0. The van der Waals surface area contributed by atoms with E-state index in [0.717, 1.165) is 16.4 Å². The van der Waals surface area contributed by atoms with E-state index >= 15 is 0 Å². The second kappa shape index (κ2) is 7.40. The van der Waals surface area contributed by atoms with Gasteiger partial charge in [0.15, 0.2) is 0 Å². The van der Waals surface area contributed by atoms with Gasteiger partial charge in [0, 0.05) is 16.4 Å². The van der Waals surface area contributed by atoms with E-state index in [9.17, 15) is 0 Å². The fraction of sp³-hybridized carbons (Fsp3) is 0.250. The first kappa shape index (κ1) is 14.2. The van der Waals surface area contributed by atoms with E-state index in [2.05, 4.69) is 55.2 Å². The first-order chi connectivity index (χ1) is 9.29. The maximum atomic E-state index is 5.37. The second-order valence-electron chi connectivity index (χ2n) is 4.19. The van der Waals surface area contributed by atoms with Crippen LogP contribution in [-0.2, 0) is 11.5 Å². The highest BCUT2D eigenvalue weighted by Crippen LogP contribution is 2.24. The smallest absolute Gasteiger partial charge is 0.0772 e. The lowest BCUT2D eigenvalue weighted by atomic mass is 10.1. The van der Waals surface area contributed by atoms with Gasteiger partial charge in [-0.2, -0.15) is 11.8 Å². The molecule has 0 aliphatic heterocycles. The summed E-state index contributed by atoms with van der Waals surface area (Å²) < 4.78 is 0. The maximum absolute atomic E-state index is 5.37. The van der Waals surface area contributed by atoms with Gasteiger partial charge in [0.05, 0.1) is 11.4 Å². The topological polar surface area (TPSA) is 26.0 Å². The Labute approximate surface area is 123 Å². The molecule has 2 aromatic rings. The lowest BCUT2D eigenvalue weighted by Crippen LogP contribution is -1.92. The van der Waals surface area contributed by atoms with E-state index in [0.29, 0.717) is 6.54 Å². The van der Waals surface area contributed by atoms with Crippen LogP contribution in [0.1, 0.15) is 20.9 Å². The van der Waals surface area contributed by atoms with Crippen LogP contribution in [-0.4, -0.2) is 6.54 Å². The number of thiophene rings is 1. The van der Waals surface area contributed by atoms with Crippen LogP contribution in [0.3, 0.4) is 0 Å². The van der Waals surface area contributed by atoms with Gasteiger partial charge in [-0.25, -0.2) is 0 Å². The molecule has 0 amide bonds. The minimum Gasteiger partial charge on any atom is -0.320 e. The first-order valence-corrected chi connectivity index (χ1v) is 8.16. The molecule has 0 aliphatic carbocycles. The third-order valence-electron chi connectivity index (χ3n) is 2.74. The molecule has 0 aliphatic rings. The van der Waals surface area contributed by atoms with Crippen molar-refractivity contribution >= 4 is 23.1 Å². The van der Waals surface area contributed by atoms with E-state index in [-0.39, 0.29) is 0 Å². The Bertz CT molecular complexity index is 590. The van der Waals surface area contributed by atoms with E-state index in [1.807, 2.05) is 11.8 Å². The molecule has 3 heteroatoms. The van der Waals surface area contributed by atoms with Crippen LogP contribution < -0.4 is 5.73 Å². The van der Waals surface area contributed by atoms with Crippen molar-refractivity contribution in [1.29, 1.82) is 0 Å². The van der Waals surface area contributed by atoms with Gasteiger partial charge in [0.25, 0.3) is 0 Å². The molecule has 1 aromatic carbocycles. The third-order valence-corrected chi connectivity index (χ3v) is 4.95. The van der Waals surface area contributed by atoms with Crippen molar-refractivity contribution in [2.45, 2.75) is 18.4 Å². The lowest BCUT2D eigenvalue weighted by molar-refractivity contribution is 1.30. The fourth-order valence-electron chi connectivity index (χ4n) is 1.69. The highest BCUT2D eigenvalue weighted by atomic mass is 32.2. The zero-order valence-corrected chi connectivity index (χ0v) is 12.6. The maximum Gasteiger partial charge on any atom is 0.0772 e. The van der Waals surface area contributed by atoms with Gasteiger partial charge in [0.2, 0.25) is 0 Å². The van der Waals surface area contributed by atoms with E-state index < -0.39 is 0 Å². The molecule has 19 heavy (non-hydrogen) atoms. The van der Waals surface area contributed by atoms with Gasteiger partial charge in [0.1, 0.15) is 0 Å². The molecule has 0 saturated carbocycles. The molecule has 98 valence electrons. The van der Waals surface area contributed by atoms with Crippen molar-refractivity contribution < 1.29 is 0 Å². The van der Waals surface area contributed by atoms with Gasteiger partial charge < -0.3 is 5.73 Å². The molecule has 1 aromatic heterocycles. The lowest BCUT2D eigenvalue weighted by Gasteiger charge is -2.04. The Morgan fingerprint density at radius 3 is 2.79 bits per heavy atom. The van der Waals surface area contributed by atoms with Gasteiger partial charge in [-0.15, -0.1) is 11.3 Å². The quantitative estimate of drug-likeness (QED) is 0.866. The van der Waals surface area contributed by atoms with Crippen molar-refractivity contribution in [2.75, 3.05) is 6.54 Å².